The van der Waals surface area contributed by atoms with Crippen LogP contribution in [0.15, 0.2) is 18.2 Å². The summed E-state index contributed by atoms with van der Waals surface area (Å²) in [6.07, 6.45) is 0.477. The van der Waals surface area contributed by atoms with Gasteiger partial charge in [-0.25, -0.2) is 8.78 Å². The predicted octanol–water partition coefficient (Wildman–Crippen LogP) is 1.26. The van der Waals surface area contributed by atoms with Gasteiger partial charge < -0.3 is 10.4 Å². The number of hydrogen-bond acceptors (Lipinski definition) is 3. The van der Waals surface area contributed by atoms with E-state index in [2.05, 4.69) is 5.32 Å². The van der Waals surface area contributed by atoms with Gasteiger partial charge in [0.1, 0.15) is 17.2 Å². The van der Waals surface area contributed by atoms with E-state index in [1.165, 1.54) is 0 Å². The molecule has 0 atom stereocenters. The van der Waals surface area contributed by atoms with Gasteiger partial charge in [-0.05, 0) is 38.1 Å². The van der Waals surface area contributed by atoms with Gasteiger partial charge in [0.25, 0.3) is 0 Å². The third-order valence-electron chi connectivity index (χ3n) is 3.03. The quantitative estimate of drug-likeness (QED) is 0.766. The molecule has 92 valence electrons. The molecule has 3 nitrogen and oxygen atoms in total. The van der Waals surface area contributed by atoms with Gasteiger partial charge in [0, 0.05) is 6.07 Å². The molecule has 2 rings (SSSR count). The standard InChI is InChI=1S/C12H13F2NO2/c13-8-1-2-9(10(14)7-8)11(16)12(17)3-5-15-6-4-12/h1-2,7,15,17H,3-6H2. The second-order valence-electron chi connectivity index (χ2n) is 4.23. The van der Waals surface area contributed by atoms with E-state index in [-0.39, 0.29) is 18.4 Å². The maximum atomic E-state index is 13.4. The van der Waals surface area contributed by atoms with Crippen molar-refractivity contribution in [3.8, 4) is 0 Å². The van der Waals surface area contributed by atoms with Crippen molar-refractivity contribution in [2.45, 2.75) is 18.4 Å². The first-order valence-electron chi connectivity index (χ1n) is 5.46. The minimum atomic E-state index is -1.54. The van der Waals surface area contributed by atoms with E-state index in [0.717, 1.165) is 12.1 Å². The number of rotatable bonds is 2. The van der Waals surface area contributed by atoms with Gasteiger partial charge in [-0.3, -0.25) is 4.79 Å². The van der Waals surface area contributed by atoms with Crippen LogP contribution in [-0.2, 0) is 0 Å². The van der Waals surface area contributed by atoms with Crippen molar-refractivity contribution < 1.29 is 18.7 Å². The van der Waals surface area contributed by atoms with Gasteiger partial charge in [0.2, 0.25) is 0 Å². The number of piperidine rings is 1. The van der Waals surface area contributed by atoms with Gasteiger partial charge in [-0.1, -0.05) is 0 Å². The summed E-state index contributed by atoms with van der Waals surface area (Å²) in [6.45, 7) is 1.01. The van der Waals surface area contributed by atoms with Crippen molar-refractivity contribution in [2.24, 2.45) is 0 Å². The van der Waals surface area contributed by atoms with E-state index in [1.54, 1.807) is 0 Å². The maximum absolute atomic E-state index is 13.4. The van der Waals surface area contributed by atoms with Crippen molar-refractivity contribution in [1.29, 1.82) is 0 Å². The van der Waals surface area contributed by atoms with Crippen molar-refractivity contribution in [3.05, 3.63) is 35.4 Å². The zero-order valence-electron chi connectivity index (χ0n) is 9.17. The molecule has 0 spiro atoms. The molecule has 0 aliphatic carbocycles. The molecule has 0 amide bonds. The molecule has 0 bridgehead atoms. The largest absolute Gasteiger partial charge is 0.382 e. The molecule has 17 heavy (non-hydrogen) atoms. The summed E-state index contributed by atoms with van der Waals surface area (Å²) >= 11 is 0. The molecule has 0 radical (unpaired) electrons. The van der Waals surface area contributed by atoms with Crippen LogP contribution in [0.5, 0.6) is 0 Å². The molecule has 1 heterocycles. The molecule has 2 N–H and O–H groups in total. The van der Waals surface area contributed by atoms with Gasteiger partial charge >= 0.3 is 0 Å². The van der Waals surface area contributed by atoms with Crippen LogP contribution in [0.2, 0.25) is 0 Å². The summed E-state index contributed by atoms with van der Waals surface area (Å²) in [7, 11) is 0. The lowest BCUT2D eigenvalue weighted by Gasteiger charge is -2.31. The van der Waals surface area contributed by atoms with Gasteiger partial charge in [0.15, 0.2) is 5.78 Å². The Labute approximate surface area is 97.5 Å². The van der Waals surface area contributed by atoms with E-state index in [1.807, 2.05) is 0 Å². The molecule has 1 saturated heterocycles. The highest BCUT2D eigenvalue weighted by Crippen LogP contribution is 2.24. The van der Waals surface area contributed by atoms with Crippen molar-refractivity contribution in [2.75, 3.05) is 13.1 Å². The zero-order valence-corrected chi connectivity index (χ0v) is 9.17. The molecule has 1 aliphatic heterocycles. The highest BCUT2D eigenvalue weighted by Gasteiger charge is 2.38. The van der Waals surface area contributed by atoms with Crippen LogP contribution in [0.4, 0.5) is 8.78 Å². The molecule has 1 fully saturated rings. The molecule has 0 aromatic heterocycles. The van der Waals surface area contributed by atoms with E-state index >= 15 is 0 Å². The average Bonchev–Trinajstić information content (AvgIpc) is 2.29. The lowest BCUT2D eigenvalue weighted by molar-refractivity contribution is 0.0151. The molecular formula is C12H13F2NO2. The first kappa shape index (κ1) is 12.1. The summed E-state index contributed by atoms with van der Waals surface area (Å²) in [4.78, 5) is 12.0. The number of benzene rings is 1. The van der Waals surface area contributed by atoms with Crippen LogP contribution in [-0.4, -0.2) is 29.6 Å². The fraction of sp³-hybridized carbons (Fsp3) is 0.417. The van der Waals surface area contributed by atoms with Gasteiger partial charge in [0.05, 0.1) is 5.56 Å². The number of halogens is 2. The Morgan fingerprint density at radius 3 is 2.53 bits per heavy atom. The average molecular weight is 241 g/mol. The summed E-state index contributed by atoms with van der Waals surface area (Å²) in [5.74, 6) is -2.34. The Bertz CT molecular complexity index is 442. The number of carbonyl (C=O) groups is 1. The first-order chi connectivity index (χ1) is 8.03. The number of ketones is 1. The van der Waals surface area contributed by atoms with Crippen molar-refractivity contribution >= 4 is 5.78 Å². The Hall–Kier alpha value is -1.33. The summed E-state index contributed by atoms with van der Waals surface area (Å²) in [6, 6.07) is 2.74. The van der Waals surface area contributed by atoms with Gasteiger partial charge in [-0.15, -0.1) is 0 Å². The van der Waals surface area contributed by atoms with Gasteiger partial charge in [-0.2, -0.15) is 0 Å². The first-order valence-corrected chi connectivity index (χ1v) is 5.46. The minimum Gasteiger partial charge on any atom is -0.382 e. The van der Waals surface area contributed by atoms with E-state index < -0.39 is 23.0 Å². The SMILES string of the molecule is O=C(c1ccc(F)cc1F)C1(O)CCNCC1. The second kappa shape index (κ2) is 4.50. The monoisotopic (exact) mass is 241 g/mol. The van der Waals surface area contributed by atoms with Crippen LogP contribution in [0.1, 0.15) is 23.2 Å². The lowest BCUT2D eigenvalue weighted by atomic mass is 9.84. The molecule has 0 saturated carbocycles. The maximum Gasteiger partial charge on any atom is 0.197 e. The number of nitrogens with one attached hydrogen (secondary N) is 1. The Morgan fingerprint density at radius 1 is 1.29 bits per heavy atom. The second-order valence-corrected chi connectivity index (χ2v) is 4.23. The Morgan fingerprint density at radius 2 is 1.94 bits per heavy atom. The minimum absolute atomic E-state index is 0.239. The number of hydrogen-bond donors (Lipinski definition) is 2. The topological polar surface area (TPSA) is 49.3 Å². The third kappa shape index (κ3) is 2.35. The third-order valence-corrected chi connectivity index (χ3v) is 3.03. The Kier molecular flexibility index (Phi) is 3.22. The van der Waals surface area contributed by atoms with Crippen molar-refractivity contribution in [3.63, 3.8) is 0 Å². The zero-order chi connectivity index (χ0) is 12.5. The summed E-state index contributed by atoms with van der Waals surface area (Å²) in [5.41, 5.74) is -1.79. The summed E-state index contributed by atoms with van der Waals surface area (Å²) in [5, 5.41) is 13.1. The van der Waals surface area contributed by atoms with E-state index in [4.69, 9.17) is 0 Å². The summed E-state index contributed by atoms with van der Waals surface area (Å²) < 4.78 is 26.2. The molecule has 1 aromatic rings. The lowest BCUT2D eigenvalue weighted by Crippen LogP contribution is -2.48. The van der Waals surface area contributed by atoms with Crippen LogP contribution in [0.3, 0.4) is 0 Å². The highest BCUT2D eigenvalue weighted by molar-refractivity contribution is 6.02. The molecule has 5 heteroatoms. The van der Waals surface area contributed by atoms with Crippen LogP contribution < -0.4 is 5.32 Å². The smallest absolute Gasteiger partial charge is 0.197 e. The van der Waals surface area contributed by atoms with Crippen LogP contribution in [0.25, 0.3) is 0 Å². The van der Waals surface area contributed by atoms with Crippen molar-refractivity contribution in [1.82, 2.24) is 5.32 Å². The molecular weight excluding hydrogens is 228 g/mol. The van der Waals surface area contributed by atoms with Crippen LogP contribution >= 0.6 is 0 Å². The van der Waals surface area contributed by atoms with E-state index in [0.29, 0.717) is 19.2 Å². The number of aliphatic hydroxyl groups is 1. The predicted molar refractivity (Wildman–Crippen MR) is 57.7 cm³/mol. The Balaban J connectivity index is 2.30. The normalized spacial score (nSPS) is 19.0. The number of Topliss-reactive ketones (excluding diaryl/α,β-unsaturated/α-hetero) is 1. The molecule has 1 aliphatic rings. The highest BCUT2D eigenvalue weighted by atomic mass is 19.1. The number of carbonyl (C=O) groups excluding carboxylic acids is 1. The van der Waals surface area contributed by atoms with Crippen LogP contribution in [0, 0.1) is 11.6 Å². The molecule has 1 aromatic carbocycles. The fourth-order valence-electron chi connectivity index (χ4n) is 1.99. The van der Waals surface area contributed by atoms with E-state index in [9.17, 15) is 18.7 Å². The molecule has 0 unspecified atom stereocenters. The fourth-order valence-corrected chi connectivity index (χ4v) is 1.99.